The summed E-state index contributed by atoms with van der Waals surface area (Å²) < 4.78 is 0. The number of carboxylic acid groups (broad SMARTS) is 1. The number of hydrogen-bond donors (Lipinski definition) is 2. The average molecular weight is 268 g/mol. The zero-order chi connectivity index (χ0) is 14.3. The summed E-state index contributed by atoms with van der Waals surface area (Å²) >= 11 is 0. The van der Waals surface area contributed by atoms with Gasteiger partial charge in [-0.1, -0.05) is 13.8 Å². The number of likely N-dealkylation sites (tertiary alicyclic amines) is 1. The third-order valence-corrected chi connectivity index (χ3v) is 5.00. The highest BCUT2D eigenvalue weighted by Gasteiger charge is 2.50. The van der Waals surface area contributed by atoms with Crippen LogP contribution in [0, 0.1) is 16.7 Å². The highest BCUT2D eigenvalue weighted by Crippen LogP contribution is 2.39. The van der Waals surface area contributed by atoms with Crippen LogP contribution in [0.2, 0.25) is 0 Å². The summed E-state index contributed by atoms with van der Waals surface area (Å²) in [6.07, 6.45) is 1.40. The molecule has 2 fully saturated rings. The fourth-order valence-electron chi connectivity index (χ4n) is 3.26. The second-order valence-corrected chi connectivity index (χ2v) is 6.58. The maximum Gasteiger partial charge on any atom is 0.311 e. The first kappa shape index (κ1) is 14.3. The van der Waals surface area contributed by atoms with Crippen LogP contribution in [0.1, 0.15) is 33.6 Å². The Balaban J connectivity index is 2.15. The number of carbonyl (C=O) groups excluding carboxylic acids is 1. The Morgan fingerprint density at radius 1 is 1.32 bits per heavy atom. The Hall–Kier alpha value is -1.10. The lowest BCUT2D eigenvalue weighted by Gasteiger charge is -2.35. The minimum atomic E-state index is -0.800. The van der Waals surface area contributed by atoms with Gasteiger partial charge in [-0.05, 0) is 32.2 Å². The highest BCUT2D eigenvalue weighted by atomic mass is 16.4. The van der Waals surface area contributed by atoms with Crippen molar-refractivity contribution < 1.29 is 14.7 Å². The van der Waals surface area contributed by atoms with Gasteiger partial charge in [-0.25, -0.2) is 0 Å². The van der Waals surface area contributed by atoms with Gasteiger partial charge < -0.3 is 15.3 Å². The first-order valence-corrected chi connectivity index (χ1v) is 7.05. The predicted molar refractivity (Wildman–Crippen MR) is 71.7 cm³/mol. The largest absolute Gasteiger partial charge is 0.481 e. The fraction of sp³-hybridized carbons (Fsp3) is 0.857. The van der Waals surface area contributed by atoms with E-state index < -0.39 is 11.4 Å². The van der Waals surface area contributed by atoms with Crippen LogP contribution in [0.3, 0.4) is 0 Å². The van der Waals surface area contributed by atoms with Crippen molar-refractivity contribution in [2.75, 3.05) is 26.2 Å². The van der Waals surface area contributed by atoms with E-state index in [1.54, 1.807) is 11.8 Å². The topological polar surface area (TPSA) is 69.6 Å². The predicted octanol–water partition coefficient (Wildman–Crippen LogP) is 0.945. The molecule has 2 aliphatic heterocycles. The van der Waals surface area contributed by atoms with E-state index in [9.17, 15) is 14.7 Å². The van der Waals surface area contributed by atoms with Gasteiger partial charge in [0.2, 0.25) is 5.91 Å². The van der Waals surface area contributed by atoms with Gasteiger partial charge in [0.05, 0.1) is 10.8 Å². The van der Waals surface area contributed by atoms with E-state index in [4.69, 9.17) is 0 Å². The van der Waals surface area contributed by atoms with Crippen molar-refractivity contribution in [1.29, 1.82) is 0 Å². The van der Waals surface area contributed by atoms with Gasteiger partial charge in [0.25, 0.3) is 0 Å². The number of carbonyl (C=O) groups is 2. The Kier molecular flexibility index (Phi) is 3.60. The third kappa shape index (κ3) is 2.24. The van der Waals surface area contributed by atoms with Gasteiger partial charge in [-0.3, -0.25) is 9.59 Å². The quantitative estimate of drug-likeness (QED) is 0.799. The Bertz CT molecular complexity index is 388. The maximum absolute atomic E-state index is 12.8. The molecule has 2 rings (SSSR count). The smallest absolute Gasteiger partial charge is 0.311 e. The van der Waals surface area contributed by atoms with E-state index >= 15 is 0 Å². The molecule has 0 aromatic rings. The van der Waals surface area contributed by atoms with Crippen molar-refractivity contribution in [3.8, 4) is 0 Å². The van der Waals surface area contributed by atoms with Crippen LogP contribution < -0.4 is 5.32 Å². The summed E-state index contributed by atoms with van der Waals surface area (Å²) in [6, 6.07) is 0. The zero-order valence-electron chi connectivity index (χ0n) is 12.0. The number of nitrogens with one attached hydrogen (secondary N) is 1. The summed E-state index contributed by atoms with van der Waals surface area (Å²) in [5.41, 5.74) is -1.12. The molecule has 2 saturated heterocycles. The second-order valence-electron chi connectivity index (χ2n) is 6.58. The standard InChI is InChI=1S/C14H24N2O3/c1-10(2)14(4-6-15-8-14)11(17)16-7-5-13(3,9-16)12(18)19/h10,15H,4-9H2,1-3H3,(H,18,19). The van der Waals surface area contributed by atoms with Crippen LogP contribution in [0.4, 0.5) is 0 Å². The number of aliphatic carboxylic acids is 1. The normalized spacial score (nSPS) is 35.1. The van der Waals surface area contributed by atoms with Gasteiger partial charge in [-0.2, -0.15) is 0 Å². The molecule has 0 bridgehead atoms. The van der Waals surface area contributed by atoms with E-state index in [2.05, 4.69) is 19.2 Å². The van der Waals surface area contributed by atoms with Crippen molar-refractivity contribution in [2.24, 2.45) is 16.7 Å². The van der Waals surface area contributed by atoms with E-state index in [-0.39, 0.29) is 17.2 Å². The monoisotopic (exact) mass is 268 g/mol. The molecule has 2 aliphatic rings. The van der Waals surface area contributed by atoms with Crippen LogP contribution in [0.5, 0.6) is 0 Å². The van der Waals surface area contributed by atoms with E-state index in [1.165, 1.54) is 0 Å². The zero-order valence-corrected chi connectivity index (χ0v) is 12.0. The molecule has 2 atom stereocenters. The molecular weight excluding hydrogens is 244 g/mol. The van der Waals surface area contributed by atoms with Gasteiger partial charge in [0, 0.05) is 19.6 Å². The molecule has 0 radical (unpaired) electrons. The molecule has 2 N–H and O–H groups in total. The summed E-state index contributed by atoms with van der Waals surface area (Å²) in [4.78, 5) is 25.9. The Labute approximate surface area is 114 Å². The van der Waals surface area contributed by atoms with Gasteiger partial charge in [0.1, 0.15) is 0 Å². The van der Waals surface area contributed by atoms with Crippen molar-refractivity contribution in [2.45, 2.75) is 33.6 Å². The maximum atomic E-state index is 12.8. The molecule has 0 aromatic carbocycles. The van der Waals surface area contributed by atoms with Crippen molar-refractivity contribution >= 4 is 11.9 Å². The Morgan fingerprint density at radius 3 is 2.42 bits per heavy atom. The van der Waals surface area contributed by atoms with Crippen LogP contribution in [-0.2, 0) is 9.59 Å². The van der Waals surface area contributed by atoms with Gasteiger partial charge >= 0.3 is 5.97 Å². The second kappa shape index (κ2) is 4.78. The third-order valence-electron chi connectivity index (χ3n) is 5.00. The number of rotatable bonds is 3. The number of amides is 1. The molecule has 5 nitrogen and oxygen atoms in total. The number of hydrogen-bond acceptors (Lipinski definition) is 3. The van der Waals surface area contributed by atoms with Crippen LogP contribution in [-0.4, -0.2) is 48.1 Å². The van der Waals surface area contributed by atoms with Crippen LogP contribution >= 0.6 is 0 Å². The molecule has 0 spiro atoms. The lowest BCUT2D eigenvalue weighted by molar-refractivity contribution is -0.148. The van der Waals surface area contributed by atoms with Crippen molar-refractivity contribution in [3.05, 3.63) is 0 Å². The molecule has 1 amide bonds. The molecule has 2 heterocycles. The molecule has 5 heteroatoms. The molecule has 108 valence electrons. The highest BCUT2D eigenvalue weighted by molar-refractivity contribution is 5.85. The van der Waals surface area contributed by atoms with Crippen LogP contribution in [0.25, 0.3) is 0 Å². The minimum Gasteiger partial charge on any atom is -0.481 e. The molecule has 0 aromatic heterocycles. The van der Waals surface area contributed by atoms with E-state index in [0.29, 0.717) is 26.1 Å². The lowest BCUT2D eigenvalue weighted by atomic mass is 9.75. The number of nitrogens with zero attached hydrogens (tertiary/aromatic N) is 1. The summed E-state index contributed by atoms with van der Waals surface area (Å²) in [7, 11) is 0. The average Bonchev–Trinajstić information content (AvgIpc) is 2.96. The van der Waals surface area contributed by atoms with Crippen LogP contribution in [0.15, 0.2) is 0 Å². The first-order chi connectivity index (χ1) is 8.82. The van der Waals surface area contributed by atoms with Gasteiger partial charge in [0.15, 0.2) is 0 Å². The lowest BCUT2D eigenvalue weighted by Crippen LogP contribution is -2.48. The SMILES string of the molecule is CC(C)C1(C(=O)N2CCC(C)(C(=O)O)C2)CCNC1. The van der Waals surface area contributed by atoms with Gasteiger partial charge in [-0.15, -0.1) is 0 Å². The minimum absolute atomic E-state index is 0.137. The number of carboxylic acids is 1. The molecule has 19 heavy (non-hydrogen) atoms. The van der Waals surface area contributed by atoms with E-state index in [1.807, 2.05) is 0 Å². The fourth-order valence-corrected chi connectivity index (χ4v) is 3.26. The van der Waals surface area contributed by atoms with Crippen molar-refractivity contribution in [3.63, 3.8) is 0 Å². The molecule has 0 aliphatic carbocycles. The van der Waals surface area contributed by atoms with Crippen molar-refractivity contribution in [1.82, 2.24) is 10.2 Å². The molecule has 0 saturated carbocycles. The molecule has 2 unspecified atom stereocenters. The molecular formula is C14H24N2O3. The van der Waals surface area contributed by atoms with E-state index in [0.717, 1.165) is 13.0 Å². The Morgan fingerprint density at radius 2 is 2.00 bits per heavy atom. The summed E-state index contributed by atoms with van der Waals surface area (Å²) in [5, 5.41) is 12.5. The summed E-state index contributed by atoms with van der Waals surface area (Å²) in [5.74, 6) is -0.393. The first-order valence-electron chi connectivity index (χ1n) is 7.05. The summed E-state index contributed by atoms with van der Waals surface area (Å²) in [6.45, 7) is 8.38.